The summed E-state index contributed by atoms with van der Waals surface area (Å²) >= 11 is 1.48. The molecular formula is C8H14N6O2S. The van der Waals surface area contributed by atoms with Gasteiger partial charge in [0.2, 0.25) is 5.16 Å². The largest absolute Gasteiger partial charge is 0.394 e. The number of aromatic nitrogens is 4. The van der Waals surface area contributed by atoms with Gasteiger partial charge in [0.25, 0.3) is 0 Å². The molecule has 2 N–H and O–H groups in total. The summed E-state index contributed by atoms with van der Waals surface area (Å²) in [7, 11) is 0. The second kappa shape index (κ2) is 5.82. The third-order valence-electron chi connectivity index (χ3n) is 2.35. The van der Waals surface area contributed by atoms with Crippen LogP contribution in [0.2, 0.25) is 0 Å². The summed E-state index contributed by atoms with van der Waals surface area (Å²) in [5, 5.41) is 23.4. The summed E-state index contributed by atoms with van der Waals surface area (Å²) < 4.78 is 1.55. The zero-order valence-corrected chi connectivity index (χ0v) is 10.1. The van der Waals surface area contributed by atoms with E-state index in [-0.39, 0.29) is 12.6 Å². The number of carbonyl (C=O) groups excluding carboxylic acids is 1. The van der Waals surface area contributed by atoms with E-state index in [4.69, 9.17) is 5.11 Å². The number of hydrogen-bond donors (Lipinski definition) is 2. The van der Waals surface area contributed by atoms with E-state index < -0.39 is 0 Å². The van der Waals surface area contributed by atoms with Crippen molar-refractivity contribution in [3.05, 3.63) is 0 Å². The fourth-order valence-corrected chi connectivity index (χ4v) is 2.37. The van der Waals surface area contributed by atoms with Gasteiger partial charge >= 0.3 is 6.03 Å². The van der Waals surface area contributed by atoms with Gasteiger partial charge in [-0.3, -0.25) is 0 Å². The lowest BCUT2D eigenvalue weighted by Crippen LogP contribution is -2.30. The summed E-state index contributed by atoms with van der Waals surface area (Å²) in [5.74, 6) is 0.735. The van der Waals surface area contributed by atoms with Gasteiger partial charge in [0, 0.05) is 25.4 Å². The molecule has 1 aromatic heterocycles. The van der Waals surface area contributed by atoms with Gasteiger partial charge in [0.1, 0.15) is 0 Å². The van der Waals surface area contributed by atoms with Crippen molar-refractivity contribution in [1.29, 1.82) is 0 Å². The van der Waals surface area contributed by atoms with Crippen LogP contribution in [0.15, 0.2) is 5.16 Å². The van der Waals surface area contributed by atoms with E-state index in [0.29, 0.717) is 24.8 Å². The zero-order chi connectivity index (χ0) is 12.1. The number of tetrazole rings is 1. The minimum Gasteiger partial charge on any atom is -0.394 e. The third kappa shape index (κ3) is 3.07. The molecule has 17 heavy (non-hydrogen) atoms. The standard InChI is InChI=1S/C8H14N6O2S/c15-5-3-14-8(10-11-12-14)17-6-4-13-2-1-9-7(13)16/h15H,1-6H2,(H,9,16). The molecule has 0 aromatic carbocycles. The highest BCUT2D eigenvalue weighted by Gasteiger charge is 2.18. The van der Waals surface area contributed by atoms with Crippen LogP contribution in [-0.2, 0) is 6.54 Å². The number of thioether (sulfide) groups is 1. The minimum absolute atomic E-state index is 0.00707. The molecule has 8 nitrogen and oxygen atoms in total. The Balaban J connectivity index is 1.77. The van der Waals surface area contributed by atoms with Gasteiger partial charge in [0.05, 0.1) is 13.2 Å². The normalized spacial score (nSPS) is 15.4. The first kappa shape index (κ1) is 12.1. The minimum atomic E-state index is -0.0134. The van der Waals surface area contributed by atoms with E-state index in [0.717, 1.165) is 12.3 Å². The predicted octanol–water partition coefficient (Wildman–Crippen LogP) is -1.22. The van der Waals surface area contributed by atoms with Crippen LogP contribution in [0.3, 0.4) is 0 Å². The highest BCUT2D eigenvalue weighted by atomic mass is 32.2. The number of carbonyl (C=O) groups is 1. The molecule has 1 aliphatic heterocycles. The number of rotatable bonds is 6. The maximum Gasteiger partial charge on any atom is 0.317 e. The van der Waals surface area contributed by atoms with Gasteiger partial charge in [-0.1, -0.05) is 11.8 Å². The van der Waals surface area contributed by atoms with Crippen molar-refractivity contribution in [1.82, 2.24) is 30.4 Å². The van der Waals surface area contributed by atoms with Crippen molar-refractivity contribution in [3.8, 4) is 0 Å². The molecular weight excluding hydrogens is 244 g/mol. The average molecular weight is 258 g/mol. The SMILES string of the molecule is O=C1NCCN1CCSc1nnnn1CCO. The van der Waals surface area contributed by atoms with E-state index >= 15 is 0 Å². The Morgan fingerprint density at radius 2 is 2.35 bits per heavy atom. The molecule has 2 heterocycles. The molecule has 0 radical (unpaired) electrons. The Morgan fingerprint density at radius 3 is 3.06 bits per heavy atom. The topological polar surface area (TPSA) is 96.2 Å². The lowest BCUT2D eigenvalue weighted by Gasteiger charge is -2.12. The molecule has 1 aromatic rings. The Bertz CT molecular complexity index is 384. The van der Waals surface area contributed by atoms with Gasteiger partial charge in [0.15, 0.2) is 0 Å². The second-order valence-electron chi connectivity index (χ2n) is 3.48. The first-order valence-corrected chi connectivity index (χ1v) is 6.32. The molecule has 2 rings (SSSR count). The Labute approximate surface area is 102 Å². The molecule has 1 saturated heterocycles. The average Bonchev–Trinajstić information content (AvgIpc) is 2.90. The van der Waals surface area contributed by atoms with E-state index in [1.54, 1.807) is 9.58 Å². The number of nitrogens with zero attached hydrogens (tertiary/aromatic N) is 5. The number of amides is 2. The second-order valence-corrected chi connectivity index (χ2v) is 4.54. The molecule has 9 heteroatoms. The predicted molar refractivity (Wildman–Crippen MR) is 60.6 cm³/mol. The zero-order valence-electron chi connectivity index (χ0n) is 9.24. The van der Waals surface area contributed by atoms with Crippen molar-refractivity contribution in [3.63, 3.8) is 0 Å². The van der Waals surface area contributed by atoms with Gasteiger partial charge in [-0.2, -0.15) is 0 Å². The van der Waals surface area contributed by atoms with Crippen molar-refractivity contribution in [2.24, 2.45) is 0 Å². The molecule has 94 valence electrons. The highest BCUT2D eigenvalue weighted by Crippen LogP contribution is 2.13. The summed E-state index contributed by atoms with van der Waals surface area (Å²) in [4.78, 5) is 13.0. The van der Waals surface area contributed by atoms with Crippen LogP contribution in [0.1, 0.15) is 0 Å². The van der Waals surface area contributed by atoms with Crippen LogP contribution in [0, 0.1) is 0 Å². The van der Waals surface area contributed by atoms with Gasteiger partial charge in [-0.05, 0) is 10.4 Å². The number of aliphatic hydroxyl groups excluding tert-OH is 1. The summed E-state index contributed by atoms with van der Waals surface area (Å²) in [6, 6.07) is -0.0134. The Morgan fingerprint density at radius 1 is 1.47 bits per heavy atom. The monoisotopic (exact) mass is 258 g/mol. The Hall–Kier alpha value is -1.35. The molecule has 0 aliphatic carbocycles. The molecule has 1 aliphatic rings. The maximum absolute atomic E-state index is 11.3. The fraction of sp³-hybridized carbons (Fsp3) is 0.750. The molecule has 1 fully saturated rings. The van der Waals surface area contributed by atoms with Crippen LogP contribution in [-0.4, -0.2) is 68.2 Å². The van der Waals surface area contributed by atoms with Crippen molar-refractivity contribution in [2.45, 2.75) is 11.7 Å². The number of aliphatic hydroxyl groups is 1. The first-order valence-electron chi connectivity index (χ1n) is 5.34. The van der Waals surface area contributed by atoms with Crippen molar-refractivity contribution in [2.75, 3.05) is 32.0 Å². The number of nitrogens with one attached hydrogen (secondary N) is 1. The highest BCUT2D eigenvalue weighted by molar-refractivity contribution is 7.99. The van der Waals surface area contributed by atoms with E-state index in [1.807, 2.05) is 0 Å². The first-order chi connectivity index (χ1) is 8.31. The lowest BCUT2D eigenvalue weighted by molar-refractivity contribution is 0.220. The quantitative estimate of drug-likeness (QED) is 0.621. The van der Waals surface area contributed by atoms with Crippen molar-refractivity contribution < 1.29 is 9.90 Å². The van der Waals surface area contributed by atoms with Crippen LogP contribution in [0.5, 0.6) is 0 Å². The van der Waals surface area contributed by atoms with Gasteiger partial charge in [-0.15, -0.1) is 5.10 Å². The summed E-state index contributed by atoms with van der Waals surface area (Å²) in [6.45, 7) is 2.53. The van der Waals surface area contributed by atoms with Gasteiger partial charge < -0.3 is 15.3 Å². The summed E-state index contributed by atoms with van der Waals surface area (Å²) in [5.41, 5.74) is 0. The van der Waals surface area contributed by atoms with E-state index in [9.17, 15) is 4.79 Å². The molecule has 0 atom stereocenters. The van der Waals surface area contributed by atoms with Crippen molar-refractivity contribution >= 4 is 17.8 Å². The van der Waals surface area contributed by atoms with Crippen LogP contribution < -0.4 is 5.32 Å². The fourth-order valence-electron chi connectivity index (χ4n) is 1.51. The smallest absolute Gasteiger partial charge is 0.317 e. The van der Waals surface area contributed by atoms with Crippen LogP contribution >= 0.6 is 11.8 Å². The van der Waals surface area contributed by atoms with Crippen LogP contribution in [0.4, 0.5) is 4.79 Å². The molecule has 0 spiro atoms. The molecule has 0 unspecified atom stereocenters. The van der Waals surface area contributed by atoms with Crippen LogP contribution in [0.25, 0.3) is 0 Å². The molecule has 0 bridgehead atoms. The molecule has 0 saturated carbocycles. The lowest BCUT2D eigenvalue weighted by atomic mass is 10.6. The van der Waals surface area contributed by atoms with E-state index in [2.05, 4.69) is 20.8 Å². The van der Waals surface area contributed by atoms with E-state index in [1.165, 1.54) is 11.8 Å². The third-order valence-corrected chi connectivity index (χ3v) is 3.29. The number of hydrogen-bond acceptors (Lipinski definition) is 6. The Kier molecular flexibility index (Phi) is 4.15. The number of urea groups is 1. The summed E-state index contributed by atoms with van der Waals surface area (Å²) in [6.07, 6.45) is 0. The maximum atomic E-state index is 11.3. The molecule has 2 amide bonds. The van der Waals surface area contributed by atoms with Gasteiger partial charge in [-0.25, -0.2) is 9.48 Å².